The van der Waals surface area contributed by atoms with Crippen LogP contribution in [0.5, 0.6) is 5.75 Å². The van der Waals surface area contributed by atoms with Crippen LogP contribution in [0, 0.1) is 0 Å². The van der Waals surface area contributed by atoms with E-state index in [0.29, 0.717) is 0 Å². The van der Waals surface area contributed by atoms with Gasteiger partial charge in [0.05, 0.1) is 0 Å². The molecule has 7 heteroatoms. The highest BCUT2D eigenvalue weighted by Gasteiger charge is 2.31. The molecule has 2 rings (SSSR count). The van der Waals surface area contributed by atoms with Crippen molar-refractivity contribution >= 4 is 12.4 Å². The van der Waals surface area contributed by atoms with E-state index < -0.39 is 12.6 Å². The van der Waals surface area contributed by atoms with Gasteiger partial charge in [0.1, 0.15) is 11.4 Å². The summed E-state index contributed by atoms with van der Waals surface area (Å²) in [6, 6.07) is 7.28. The molecule has 1 N–H and O–H groups in total. The van der Waals surface area contributed by atoms with Crippen molar-refractivity contribution in [1.82, 2.24) is 10.2 Å². The molecule has 1 aromatic carbocycles. The van der Waals surface area contributed by atoms with Crippen molar-refractivity contribution in [2.75, 3.05) is 26.2 Å². The normalized spacial score (nSPS) is 17.7. The summed E-state index contributed by atoms with van der Waals surface area (Å²) in [6.45, 7) is 9.06. The Bertz CT molecular complexity index is 509. The van der Waals surface area contributed by atoms with Gasteiger partial charge in [-0.25, -0.2) is 0 Å². The minimum absolute atomic E-state index is 0. The Morgan fingerprint density at radius 1 is 1.08 bits per heavy atom. The molecule has 25 heavy (non-hydrogen) atoms. The molecule has 0 radical (unpaired) electrons. The number of benzene rings is 1. The van der Waals surface area contributed by atoms with Gasteiger partial charge in [-0.3, -0.25) is 4.90 Å². The Morgan fingerprint density at radius 2 is 1.64 bits per heavy atom. The molecule has 0 bridgehead atoms. The van der Waals surface area contributed by atoms with Gasteiger partial charge in [0.2, 0.25) is 0 Å². The largest absolute Gasteiger partial charge is 0.488 e. The number of piperazine rings is 1. The zero-order valence-corrected chi connectivity index (χ0v) is 15.8. The van der Waals surface area contributed by atoms with Crippen LogP contribution in [0.2, 0.25) is 0 Å². The number of ether oxygens (including phenoxy) is 1. The molecule has 0 unspecified atom stereocenters. The quantitative estimate of drug-likeness (QED) is 0.809. The number of halogens is 4. The van der Waals surface area contributed by atoms with Gasteiger partial charge >= 0.3 is 6.18 Å². The Hall–Kier alpha value is -0.980. The van der Waals surface area contributed by atoms with Gasteiger partial charge in [-0.1, -0.05) is 12.1 Å². The third kappa shape index (κ3) is 7.84. The fourth-order valence-corrected chi connectivity index (χ4v) is 2.97. The fourth-order valence-electron chi connectivity index (χ4n) is 2.97. The van der Waals surface area contributed by atoms with Crippen LogP contribution in [-0.2, 0) is 0 Å². The van der Waals surface area contributed by atoms with Crippen molar-refractivity contribution in [3.63, 3.8) is 0 Å². The summed E-state index contributed by atoms with van der Waals surface area (Å²) < 4.78 is 43.9. The highest BCUT2D eigenvalue weighted by molar-refractivity contribution is 5.85. The first kappa shape index (κ1) is 22.1. The Morgan fingerprint density at radius 3 is 2.12 bits per heavy atom. The second kappa shape index (κ2) is 9.10. The lowest BCUT2D eigenvalue weighted by atomic mass is 9.99. The maximum Gasteiger partial charge on any atom is 0.389 e. The summed E-state index contributed by atoms with van der Waals surface area (Å²) in [5, 5.41) is 3.24. The van der Waals surface area contributed by atoms with E-state index in [9.17, 15) is 13.2 Å². The zero-order chi connectivity index (χ0) is 17.8. The monoisotopic (exact) mass is 380 g/mol. The van der Waals surface area contributed by atoms with Gasteiger partial charge in [-0.2, -0.15) is 13.2 Å². The Balaban J connectivity index is 0.00000312. The van der Waals surface area contributed by atoms with Gasteiger partial charge in [-0.15, -0.1) is 12.4 Å². The second-order valence-corrected chi connectivity index (χ2v) is 7.24. The van der Waals surface area contributed by atoms with Crippen LogP contribution in [0.15, 0.2) is 24.3 Å². The van der Waals surface area contributed by atoms with Crippen molar-refractivity contribution in [3.8, 4) is 5.75 Å². The summed E-state index contributed by atoms with van der Waals surface area (Å²) >= 11 is 0. The highest BCUT2D eigenvalue weighted by atomic mass is 35.5. The van der Waals surface area contributed by atoms with Gasteiger partial charge in [0.15, 0.2) is 0 Å². The zero-order valence-electron chi connectivity index (χ0n) is 15.0. The lowest BCUT2D eigenvalue weighted by Crippen LogP contribution is -2.45. The number of nitrogens with zero attached hydrogens (tertiary/aromatic N) is 1. The van der Waals surface area contributed by atoms with E-state index in [1.54, 1.807) is 0 Å². The molecular weight excluding hydrogens is 353 g/mol. The maximum atomic E-state index is 12.7. The maximum absolute atomic E-state index is 12.7. The van der Waals surface area contributed by atoms with Crippen LogP contribution in [0.1, 0.15) is 45.2 Å². The molecule has 144 valence electrons. The van der Waals surface area contributed by atoms with E-state index in [1.165, 1.54) is 0 Å². The van der Waals surface area contributed by atoms with Crippen LogP contribution in [-0.4, -0.2) is 42.9 Å². The lowest BCUT2D eigenvalue weighted by molar-refractivity contribution is -0.138. The van der Waals surface area contributed by atoms with Crippen LogP contribution < -0.4 is 10.1 Å². The number of rotatable bonds is 5. The van der Waals surface area contributed by atoms with Crippen LogP contribution in [0.3, 0.4) is 0 Å². The van der Waals surface area contributed by atoms with E-state index >= 15 is 0 Å². The molecule has 0 amide bonds. The fraction of sp³-hybridized carbons (Fsp3) is 0.667. The molecule has 0 saturated carbocycles. The van der Waals surface area contributed by atoms with Gasteiger partial charge in [-0.05, 0) is 44.9 Å². The molecule has 3 nitrogen and oxygen atoms in total. The van der Waals surface area contributed by atoms with Crippen molar-refractivity contribution in [1.29, 1.82) is 0 Å². The minimum atomic E-state index is -4.12. The summed E-state index contributed by atoms with van der Waals surface area (Å²) in [5.41, 5.74) is 0.623. The molecule has 1 saturated heterocycles. The van der Waals surface area contributed by atoms with Crippen LogP contribution in [0.25, 0.3) is 0 Å². The number of hydrogen-bond acceptors (Lipinski definition) is 3. The van der Waals surface area contributed by atoms with E-state index in [-0.39, 0.29) is 30.5 Å². The summed E-state index contributed by atoms with van der Waals surface area (Å²) in [4.78, 5) is 2.14. The molecule has 0 aliphatic carbocycles. The van der Waals surface area contributed by atoms with Gasteiger partial charge in [0.25, 0.3) is 0 Å². The SMILES string of the molecule is CC(C)(C)Oc1ccc([C@@H](CCC(F)(F)F)N2CCNCC2)cc1.Cl. The molecule has 1 aliphatic rings. The average molecular weight is 381 g/mol. The van der Waals surface area contributed by atoms with E-state index in [2.05, 4.69) is 10.2 Å². The molecular formula is C18H28ClF3N2O. The van der Waals surface area contributed by atoms with Crippen LogP contribution in [0.4, 0.5) is 13.2 Å². The predicted molar refractivity (Wildman–Crippen MR) is 96.5 cm³/mol. The van der Waals surface area contributed by atoms with E-state index in [0.717, 1.165) is 37.5 Å². The molecule has 1 fully saturated rings. The third-order valence-electron chi connectivity index (χ3n) is 3.98. The number of alkyl halides is 3. The smallest absolute Gasteiger partial charge is 0.389 e. The second-order valence-electron chi connectivity index (χ2n) is 7.24. The topological polar surface area (TPSA) is 24.5 Å². The molecule has 0 aromatic heterocycles. The van der Waals surface area contributed by atoms with E-state index in [1.807, 2.05) is 45.0 Å². The molecule has 1 aromatic rings. The van der Waals surface area contributed by atoms with Crippen molar-refractivity contribution in [3.05, 3.63) is 29.8 Å². The molecule has 0 spiro atoms. The first-order valence-electron chi connectivity index (χ1n) is 8.44. The summed E-state index contributed by atoms with van der Waals surface area (Å²) in [6.07, 6.45) is -4.80. The minimum Gasteiger partial charge on any atom is -0.488 e. The third-order valence-corrected chi connectivity index (χ3v) is 3.98. The van der Waals surface area contributed by atoms with Gasteiger partial charge in [0, 0.05) is 38.6 Å². The lowest BCUT2D eigenvalue weighted by Gasteiger charge is -2.35. The number of nitrogens with one attached hydrogen (secondary N) is 1. The molecule has 1 heterocycles. The molecule has 1 aliphatic heterocycles. The Labute approximate surface area is 154 Å². The van der Waals surface area contributed by atoms with E-state index in [4.69, 9.17) is 4.74 Å². The summed E-state index contributed by atoms with van der Waals surface area (Å²) in [5.74, 6) is 0.737. The van der Waals surface area contributed by atoms with Crippen molar-refractivity contribution < 1.29 is 17.9 Å². The highest BCUT2D eigenvalue weighted by Crippen LogP contribution is 2.32. The Kier molecular flexibility index (Phi) is 8.03. The van der Waals surface area contributed by atoms with Crippen molar-refractivity contribution in [2.45, 2.75) is 51.4 Å². The number of hydrogen-bond donors (Lipinski definition) is 1. The average Bonchev–Trinajstić information content (AvgIpc) is 2.47. The van der Waals surface area contributed by atoms with Crippen LogP contribution >= 0.6 is 12.4 Å². The van der Waals surface area contributed by atoms with Crippen molar-refractivity contribution in [2.24, 2.45) is 0 Å². The first-order valence-corrected chi connectivity index (χ1v) is 8.44. The summed E-state index contributed by atoms with van der Waals surface area (Å²) in [7, 11) is 0. The first-order chi connectivity index (χ1) is 11.1. The van der Waals surface area contributed by atoms with Gasteiger partial charge < -0.3 is 10.1 Å². The predicted octanol–water partition coefficient (Wildman–Crippen LogP) is 4.57. The molecule has 1 atom stereocenters. The standard InChI is InChI=1S/C18H27F3N2O.ClH/c1-17(2,3)24-15-6-4-14(5-7-15)16(8-9-18(19,20)21)23-12-10-22-11-13-23;/h4-7,16,22H,8-13H2,1-3H3;1H/t16-;/m1./s1.